The Kier molecular flexibility index (Phi) is 5.32. The van der Waals surface area contributed by atoms with Gasteiger partial charge in [-0.2, -0.15) is 0 Å². The Morgan fingerprint density at radius 1 is 0.970 bits per heavy atom. The van der Waals surface area contributed by atoms with Gasteiger partial charge in [0, 0.05) is 53.4 Å². The van der Waals surface area contributed by atoms with Crippen LogP contribution in [0.3, 0.4) is 0 Å². The molecule has 1 saturated heterocycles. The van der Waals surface area contributed by atoms with E-state index in [9.17, 15) is 5.11 Å². The molecule has 33 heavy (non-hydrogen) atoms. The van der Waals surface area contributed by atoms with Gasteiger partial charge in [-0.15, -0.1) is 0 Å². The van der Waals surface area contributed by atoms with Gasteiger partial charge in [-0.3, -0.25) is 9.88 Å². The SMILES string of the molecule is Oc1cc(-c2ccncc2)cc2c1N(C1CCN(Cc3ccoc3)CC1)c1ccccc1S2. The smallest absolute Gasteiger partial charge is 0.141 e. The van der Waals surface area contributed by atoms with E-state index >= 15 is 0 Å². The molecule has 4 aromatic rings. The third-order valence-corrected chi connectivity index (χ3v) is 7.66. The number of aromatic nitrogens is 1. The van der Waals surface area contributed by atoms with Crippen molar-refractivity contribution in [3.63, 3.8) is 0 Å². The molecule has 0 unspecified atom stereocenters. The average Bonchev–Trinajstić information content (AvgIpc) is 3.37. The predicted octanol–water partition coefficient (Wildman–Crippen LogP) is 6.31. The second-order valence-electron chi connectivity index (χ2n) is 8.66. The summed E-state index contributed by atoms with van der Waals surface area (Å²) in [5.74, 6) is 0.335. The predicted molar refractivity (Wildman–Crippen MR) is 131 cm³/mol. The molecular weight excluding hydrogens is 430 g/mol. The second kappa shape index (κ2) is 8.61. The number of nitrogens with zero attached hydrogens (tertiary/aromatic N) is 3. The molecule has 0 saturated carbocycles. The van der Waals surface area contributed by atoms with Crippen LogP contribution < -0.4 is 4.90 Å². The summed E-state index contributed by atoms with van der Waals surface area (Å²) in [7, 11) is 0. The van der Waals surface area contributed by atoms with E-state index in [1.54, 1.807) is 30.4 Å². The van der Waals surface area contributed by atoms with E-state index in [-0.39, 0.29) is 0 Å². The largest absolute Gasteiger partial charge is 0.506 e. The zero-order valence-corrected chi connectivity index (χ0v) is 19.0. The molecule has 0 spiro atoms. The van der Waals surface area contributed by atoms with Crippen LogP contribution in [-0.2, 0) is 6.54 Å². The number of phenolic OH excluding ortho intramolecular Hbond substituents is 1. The van der Waals surface area contributed by atoms with Crippen LogP contribution in [0, 0.1) is 0 Å². The number of hydrogen-bond acceptors (Lipinski definition) is 6. The number of piperidine rings is 1. The number of furan rings is 1. The van der Waals surface area contributed by atoms with Crippen LogP contribution in [0.1, 0.15) is 18.4 Å². The summed E-state index contributed by atoms with van der Waals surface area (Å²) in [5.41, 5.74) is 5.41. The number of anilines is 2. The first-order valence-corrected chi connectivity index (χ1v) is 12.1. The topological polar surface area (TPSA) is 52.7 Å². The lowest BCUT2D eigenvalue weighted by Gasteiger charge is -2.43. The molecule has 5 nitrogen and oxygen atoms in total. The fraction of sp³-hybridized carbons (Fsp3) is 0.222. The average molecular weight is 456 g/mol. The van der Waals surface area contributed by atoms with Gasteiger partial charge >= 0.3 is 0 Å². The summed E-state index contributed by atoms with van der Waals surface area (Å²) in [5, 5.41) is 11.3. The Morgan fingerprint density at radius 2 is 1.79 bits per heavy atom. The Balaban J connectivity index is 1.33. The van der Waals surface area contributed by atoms with Crippen molar-refractivity contribution in [1.29, 1.82) is 0 Å². The molecule has 6 heteroatoms. The van der Waals surface area contributed by atoms with Gasteiger partial charge in [0.25, 0.3) is 0 Å². The van der Waals surface area contributed by atoms with Crippen molar-refractivity contribution in [1.82, 2.24) is 9.88 Å². The van der Waals surface area contributed by atoms with Gasteiger partial charge in [0.1, 0.15) is 5.75 Å². The van der Waals surface area contributed by atoms with Crippen molar-refractivity contribution < 1.29 is 9.52 Å². The molecule has 4 heterocycles. The first-order chi connectivity index (χ1) is 16.3. The van der Waals surface area contributed by atoms with Gasteiger partial charge in [-0.05, 0) is 66.4 Å². The molecule has 2 aromatic carbocycles. The van der Waals surface area contributed by atoms with E-state index < -0.39 is 0 Å². The molecule has 2 aliphatic rings. The Hall–Kier alpha value is -3.22. The first kappa shape index (κ1) is 20.4. The lowest BCUT2D eigenvalue weighted by molar-refractivity contribution is 0.204. The van der Waals surface area contributed by atoms with Crippen molar-refractivity contribution in [2.45, 2.75) is 35.2 Å². The van der Waals surface area contributed by atoms with Crippen molar-refractivity contribution in [3.8, 4) is 16.9 Å². The highest BCUT2D eigenvalue weighted by molar-refractivity contribution is 7.99. The van der Waals surface area contributed by atoms with Crippen LogP contribution in [0.25, 0.3) is 11.1 Å². The Bertz CT molecular complexity index is 1250. The quantitative estimate of drug-likeness (QED) is 0.389. The minimum Gasteiger partial charge on any atom is -0.506 e. The molecule has 166 valence electrons. The van der Waals surface area contributed by atoms with Crippen LogP contribution in [0.2, 0.25) is 0 Å². The number of hydrogen-bond donors (Lipinski definition) is 1. The third-order valence-electron chi connectivity index (χ3n) is 6.56. The van der Waals surface area contributed by atoms with Gasteiger partial charge in [-0.1, -0.05) is 23.9 Å². The summed E-state index contributed by atoms with van der Waals surface area (Å²) in [6.45, 7) is 2.96. The van der Waals surface area contributed by atoms with Crippen LogP contribution in [0.15, 0.2) is 93.7 Å². The van der Waals surface area contributed by atoms with Crippen molar-refractivity contribution >= 4 is 23.1 Å². The van der Waals surface area contributed by atoms with Crippen molar-refractivity contribution in [3.05, 3.63) is 85.1 Å². The Labute approximate surface area is 197 Å². The highest BCUT2D eigenvalue weighted by atomic mass is 32.2. The number of fused-ring (bicyclic) bond motifs is 2. The fourth-order valence-corrected chi connectivity index (χ4v) is 6.10. The van der Waals surface area contributed by atoms with Gasteiger partial charge in [0.15, 0.2) is 0 Å². The third kappa shape index (κ3) is 3.90. The number of benzene rings is 2. The molecule has 0 radical (unpaired) electrons. The van der Waals surface area contributed by atoms with Crippen LogP contribution in [0.4, 0.5) is 11.4 Å². The first-order valence-electron chi connectivity index (χ1n) is 11.3. The van der Waals surface area contributed by atoms with Gasteiger partial charge in [-0.25, -0.2) is 0 Å². The van der Waals surface area contributed by atoms with Crippen LogP contribution in [0.5, 0.6) is 5.75 Å². The molecule has 0 bridgehead atoms. The minimum atomic E-state index is 0.335. The van der Waals surface area contributed by atoms with E-state index in [1.807, 2.05) is 30.5 Å². The number of likely N-dealkylation sites (tertiary alicyclic amines) is 1. The zero-order chi connectivity index (χ0) is 22.2. The maximum absolute atomic E-state index is 11.3. The molecular formula is C27H25N3O2S. The summed E-state index contributed by atoms with van der Waals surface area (Å²) in [4.78, 5) is 11.3. The normalized spacial score (nSPS) is 16.4. The molecule has 2 aromatic heterocycles. The van der Waals surface area contributed by atoms with Gasteiger partial charge < -0.3 is 14.4 Å². The highest BCUT2D eigenvalue weighted by Crippen LogP contribution is 2.54. The maximum atomic E-state index is 11.3. The van der Waals surface area contributed by atoms with Crippen molar-refractivity contribution in [2.75, 3.05) is 18.0 Å². The number of aromatic hydroxyl groups is 1. The van der Waals surface area contributed by atoms with E-state index in [0.29, 0.717) is 11.8 Å². The summed E-state index contributed by atoms with van der Waals surface area (Å²) in [6, 6.07) is 19.0. The molecule has 0 amide bonds. The summed E-state index contributed by atoms with van der Waals surface area (Å²) < 4.78 is 5.24. The number of rotatable bonds is 4. The van der Waals surface area contributed by atoms with Gasteiger partial charge in [0.05, 0.1) is 23.9 Å². The van der Waals surface area contributed by atoms with E-state index in [1.165, 1.54) is 16.1 Å². The maximum Gasteiger partial charge on any atom is 0.141 e. The zero-order valence-electron chi connectivity index (χ0n) is 18.2. The van der Waals surface area contributed by atoms with Crippen LogP contribution in [-0.4, -0.2) is 34.1 Å². The molecule has 0 aliphatic carbocycles. The number of phenols is 1. The van der Waals surface area contributed by atoms with E-state index in [2.05, 4.69) is 45.1 Å². The number of pyridine rings is 1. The molecule has 0 atom stereocenters. The Morgan fingerprint density at radius 3 is 2.58 bits per heavy atom. The van der Waals surface area contributed by atoms with E-state index in [4.69, 9.17) is 4.42 Å². The van der Waals surface area contributed by atoms with Gasteiger partial charge in [0.2, 0.25) is 0 Å². The summed E-state index contributed by atoms with van der Waals surface area (Å²) in [6.07, 6.45) is 9.24. The highest BCUT2D eigenvalue weighted by Gasteiger charge is 2.34. The minimum absolute atomic E-state index is 0.335. The standard InChI is InChI=1S/C27H25N3O2S/c31-24-15-21(20-5-10-28-11-6-20)16-26-27(24)30(23-3-1-2-4-25(23)33-26)22-7-12-29(13-8-22)17-19-9-14-32-18-19/h1-6,9-11,14-16,18,22,31H,7-8,12-13,17H2. The number of para-hydroxylation sites is 1. The monoisotopic (exact) mass is 455 g/mol. The summed E-state index contributed by atoms with van der Waals surface area (Å²) >= 11 is 1.74. The molecule has 2 aliphatic heterocycles. The molecule has 1 N–H and O–H groups in total. The lowest BCUT2D eigenvalue weighted by Crippen LogP contribution is -2.43. The van der Waals surface area contributed by atoms with E-state index in [0.717, 1.165) is 54.2 Å². The van der Waals surface area contributed by atoms with Crippen molar-refractivity contribution in [2.24, 2.45) is 0 Å². The lowest BCUT2D eigenvalue weighted by atomic mass is 9.99. The molecule has 6 rings (SSSR count). The second-order valence-corrected chi connectivity index (χ2v) is 9.74. The van der Waals surface area contributed by atoms with Crippen LogP contribution >= 0.6 is 11.8 Å². The molecule has 1 fully saturated rings. The fourth-order valence-electron chi connectivity index (χ4n) is 4.96.